The van der Waals surface area contributed by atoms with Gasteiger partial charge in [-0.05, 0) is 95.4 Å². The molecule has 0 amide bonds. The van der Waals surface area contributed by atoms with Gasteiger partial charge in [-0.2, -0.15) is 0 Å². The van der Waals surface area contributed by atoms with Crippen LogP contribution in [0.2, 0.25) is 0 Å². The molecule has 0 saturated heterocycles. The molecule has 0 aliphatic carbocycles. The average Bonchev–Trinajstić information content (AvgIpc) is 3.19. The first-order valence-corrected chi connectivity index (χ1v) is 12.1. The van der Waals surface area contributed by atoms with Crippen molar-refractivity contribution in [3.63, 3.8) is 0 Å². The van der Waals surface area contributed by atoms with Gasteiger partial charge in [0.2, 0.25) is 0 Å². The Morgan fingerprint density at radius 3 is 1.61 bits per heavy atom. The van der Waals surface area contributed by atoms with Crippen molar-refractivity contribution in [3.05, 3.63) is 131 Å². The van der Waals surface area contributed by atoms with E-state index in [1.54, 1.807) is 0 Å². The van der Waals surface area contributed by atoms with E-state index in [0.717, 1.165) is 17.1 Å². The fraction of sp³-hybridized carbons (Fsp3) is 0. The van der Waals surface area contributed by atoms with Crippen molar-refractivity contribution in [1.29, 1.82) is 0 Å². The van der Waals surface area contributed by atoms with Gasteiger partial charge in [0, 0.05) is 37.1 Å². The normalized spacial score (nSPS) is 11.2. The molecule has 0 radical (unpaired) electrons. The van der Waals surface area contributed by atoms with Crippen LogP contribution >= 0.6 is 22.6 Å². The second-order valence-corrected chi connectivity index (χ2v) is 9.29. The lowest BCUT2D eigenvalue weighted by Crippen LogP contribution is -2.09. The van der Waals surface area contributed by atoms with Gasteiger partial charge in [-0.25, -0.2) is 0 Å². The standard InChI is InChI=1S/C30H21IN2/c31-22-16-18-29-27(20-22)28-21-26(17-19-30(28)33(29)25-14-8-3-9-15-25)32(23-10-4-1-5-11-23)24-12-6-2-7-13-24/h1-21H. The third-order valence-corrected chi connectivity index (χ3v) is 6.68. The molecule has 0 N–H and O–H groups in total. The molecule has 158 valence electrons. The molecule has 1 heterocycles. The Kier molecular flexibility index (Phi) is 5.11. The van der Waals surface area contributed by atoms with Gasteiger partial charge >= 0.3 is 0 Å². The molecule has 0 fully saturated rings. The quantitative estimate of drug-likeness (QED) is 0.204. The van der Waals surface area contributed by atoms with Crippen molar-refractivity contribution in [2.24, 2.45) is 0 Å². The molecule has 6 aromatic rings. The summed E-state index contributed by atoms with van der Waals surface area (Å²) in [6.45, 7) is 0. The molecule has 5 aromatic carbocycles. The summed E-state index contributed by atoms with van der Waals surface area (Å²) >= 11 is 2.41. The molecule has 0 bridgehead atoms. The van der Waals surface area contributed by atoms with Crippen LogP contribution in [0, 0.1) is 3.57 Å². The van der Waals surface area contributed by atoms with Crippen LogP contribution in [0.4, 0.5) is 17.1 Å². The van der Waals surface area contributed by atoms with E-state index in [4.69, 9.17) is 0 Å². The molecule has 0 spiro atoms. The maximum Gasteiger partial charge on any atom is 0.0542 e. The number of nitrogens with zero attached hydrogens (tertiary/aromatic N) is 2. The van der Waals surface area contributed by atoms with E-state index >= 15 is 0 Å². The topological polar surface area (TPSA) is 8.17 Å². The summed E-state index contributed by atoms with van der Waals surface area (Å²) in [7, 11) is 0. The third kappa shape index (κ3) is 3.58. The lowest BCUT2D eigenvalue weighted by Gasteiger charge is -2.25. The lowest BCUT2D eigenvalue weighted by molar-refractivity contribution is 1.18. The van der Waals surface area contributed by atoms with Crippen molar-refractivity contribution in [1.82, 2.24) is 4.57 Å². The predicted molar refractivity (Wildman–Crippen MR) is 148 cm³/mol. The van der Waals surface area contributed by atoms with Gasteiger partial charge < -0.3 is 9.47 Å². The van der Waals surface area contributed by atoms with Crippen LogP contribution in [0.1, 0.15) is 0 Å². The zero-order valence-corrected chi connectivity index (χ0v) is 20.1. The van der Waals surface area contributed by atoms with Crippen LogP contribution in [0.15, 0.2) is 127 Å². The number of para-hydroxylation sites is 3. The highest BCUT2D eigenvalue weighted by Crippen LogP contribution is 2.39. The van der Waals surface area contributed by atoms with Crippen molar-refractivity contribution in [2.75, 3.05) is 4.90 Å². The van der Waals surface area contributed by atoms with Gasteiger partial charge in [-0.15, -0.1) is 0 Å². The first kappa shape index (κ1) is 20.1. The maximum atomic E-state index is 2.41. The Morgan fingerprint density at radius 2 is 1.00 bits per heavy atom. The molecule has 6 rings (SSSR count). The van der Waals surface area contributed by atoms with Gasteiger partial charge in [-0.1, -0.05) is 54.6 Å². The second kappa shape index (κ2) is 8.41. The smallest absolute Gasteiger partial charge is 0.0542 e. The zero-order chi connectivity index (χ0) is 22.2. The number of hydrogen-bond acceptors (Lipinski definition) is 1. The minimum absolute atomic E-state index is 1.14. The average molecular weight is 536 g/mol. The van der Waals surface area contributed by atoms with Crippen LogP contribution in [0.3, 0.4) is 0 Å². The first-order chi connectivity index (χ1) is 16.3. The molecule has 0 aliphatic heterocycles. The maximum absolute atomic E-state index is 2.41. The fourth-order valence-electron chi connectivity index (χ4n) is 4.58. The minimum Gasteiger partial charge on any atom is -0.310 e. The van der Waals surface area contributed by atoms with Crippen molar-refractivity contribution in [3.8, 4) is 5.69 Å². The SMILES string of the molecule is Ic1ccc2c(c1)c1cc(N(c3ccccc3)c3ccccc3)ccc1n2-c1ccccc1. The highest BCUT2D eigenvalue weighted by Gasteiger charge is 2.17. The minimum atomic E-state index is 1.14. The van der Waals surface area contributed by atoms with Crippen molar-refractivity contribution < 1.29 is 0 Å². The lowest BCUT2D eigenvalue weighted by atomic mass is 10.1. The van der Waals surface area contributed by atoms with Crippen LogP contribution < -0.4 is 4.90 Å². The third-order valence-electron chi connectivity index (χ3n) is 6.01. The number of halogens is 1. The van der Waals surface area contributed by atoms with E-state index in [9.17, 15) is 0 Å². The number of rotatable bonds is 4. The van der Waals surface area contributed by atoms with Crippen LogP contribution in [-0.4, -0.2) is 4.57 Å². The fourth-order valence-corrected chi connectivity index (χ4v) is 5.07. The monoisotopic (exact) mass is 536 g/mol. The van der Waals surface area contributed by atoms with E-state index in [1.807, 2.05) is 0 Å². The van der Waals surface area contributed by atoms with Gasteiger partial charge in [-0.3, -0.25) is 0 Å². The highest BCUT2D eigenvalue weighted by atomic mass is 127. The number of anilines is 3. The molecule has 2 nitrogen and oxygen atoms in total. The summed E-state index contributed by atoms with van der Waals surface area (Å²) in [5.74, 6) is 0. The highest BCUT2D eigenvalue weighted by molar-refractivity contribution is 14.1. The second-order valence-electron chi connectivity index (χ2n) is 8.04. The molecule has 33 heavy (non-hydrogen) atoms. The Labute approximate surface area is 206 Å². The van der Waals surface area contributed by atoms with Gasteiger partial charge in [0.25, 0.3) is 0 Å². The van der Waals surface area contributed by atoms with Crippen molar-refractivity contribution in [2.45, 2.75) is 0 Å². The van der Waals surface area contributed by atoms with Gasteiger partial charge in [0.1, 0.15) is 0 Å². The first-order valence-electron chi connectivity index (χ1n) is 11.0. The summed E-state index contributed by atoms with van der Waals surface area (Å²) in [4.78, 5) is 2.32. The van der Waals surface area contributed by atoms with E-state index in [2.05, 4.69) is 159 Å². The summed E-state index contributed by atoms with van der Waals surface area (Å²) in [5, 5.41) is 2.52. The van der Waals surface area contributed by atoms with Crippen molar-refractivity contribution >= 4 is 61.5 Å². The molecule has 0 saturated carbocycles. The molecule has 1 aromatic heterocycles. The molecule has 3 heteroatoms. The van der Waals surface area contributed by atoms with Gasteiger partial charge in [0.05, 0.1) is 11.0 Å². The Hall–Kier alpha value is -3.57. The van der Waals surface area contributed by atoms with Crippen LogP contribution in [0.25, 0.3) is 27.5 Å². The Bertz CT molecular complexity index is 1520. The van der Waals surface area contributed by atoms with E-state index in [0.29, 0.717) is 0 Å². The zero-order valence-electron chi connectivity index (χ0n) is 17.9. The number of benzene rings is 5. The largest absolute Gasteiger partial charge is 0.310 e. The summed E-state index contributed by atoms with van der Waals surface area (Å²) in [6, 6.07) is 45.2. The number of fused-ring (bicyclic) bond motifs is 3. The van der Waals surface area contributed by atoms with Gasteiger partial charge in [0.15, 0.2) is 0 Å². The van der Waals surface area contributed by atoms with E-state index in [1.165, 1.54) is 31.1 Å². The van der Waals surface area contributed by atoms with Crippen LogP contribution in [-0.2, 0) is 0 Å². The van der Waals surface area contributed by atoms with Crippen LogP contribution in [0.5, 0.6) is 0 Å². The molecule has 0 aliphatic rings. The number of aromatic nitrogens is 1. The number of hydrogen-bond donors (Lipinski definition) is 0. The molecular formula is C30H21IN2. The van der Waals surface area contributed by atoms with E-state index < -0.39 is 0 Å². The Balaban J connectivity index is 1.64. The summed E-state index contributed by atoms with van der Waals surface area (Å²) in [5.41, 5.74) is 7.04. The Morgan fingerprint density at radius 1 is 0.485 bits per heavy atom. The van der Waals surface area contributed by atoms with E-state index in [-0.39, 0.29) is 0 Å². The summed E-state index contributed by atoms with van der Waals surface area (Å²) in [6.07, 6.45) is 0. The molecular weight excluding hydrogens is 515 g/mol. The predicted octanol–water partition coefficient (Wildman–Crippen LogP) is 8.86. The molecule has 0 unspecified atom stereocenters. The summed E-state index contributed by atoms with van der Waals surface area (Å²) < 4.78 is 3.60. The molecule has 0 atom stereocenters.